The lowest BCUT2D eigenvalue weighted by molar-refractivity contribution is -0.141. The Labute approximate surface area is 84.4 Å². The zero-order valence-corrected chi connectivity index (χ0v) is 8.80. The van der Waals surface area contributed by atoms with E-state index in [4.69, 9.17) is 0 Å². The van der Waals surface area contributed by atoms with Crippen LogP contribution >= 0.6 is 0 Å². The molecule has 0 aromatic carbocycles. The molecule has 0 unspecified atom stereocenters. The quantitative estimate of drug-likeness (QED) is 0.590. The minimum atomic E-state index is -0.296. The first kappa shape index (κ1) is 9.63. The van der Waals surface area contributed by atoms with Gasteiger partial charge >= 0.3 is 0 Å². The Kier molecular flexibility index (Phi) is 1.91. The number of hydrogen-bond donors (Lipinski definition) is 0. The molecule has 0 aliphatic heterocycles. The predicted octanol–water partition coefficient (Wildman–Crippen LogP) is 2.28. The van der Waals surface area contributed by atoms with Gasteiger partial charge < -0.3 is 0 Å². The normalized spacial score (nSPS) is 42.4. The van der Waals surface area contributed by atoms with Crippen molar-refractivity contribution >= 4 is 11.6 Å². The highest BCUT2D eigenvalue weighted by molar-refractivity contribution is 5.98. The van der Waals surface area contributed by atoms with Crippen LogP contribution < -0.4 is 0 Å². The number of rotatable bonds is 0. The molecule has 2 aliphatic rings. The van der Waals surface area contributed by atoms with Crippen molar-refractivity contribution < 1.29 is 9.59 Å². The molecule has 1 fully saturated rings. The van der Waals surface area contributed by atoms with Crippen LogP contribution in [0, 0.1) is 10.8 Å². The lowest BCUT2D eigenvalue weighted by Gasteiger charge is -2.49. The van der Waals surface area contributed by atoms with Crippen LogP contribution in [0.3, 0.4) is 0 Å². The van der Waals surface area contributed by atoms with Gasteiger partial charge in [-0.25, -0.2) is 0 Å². The summed E-state index contributed by atoms with van der Waals surface area (Å²) < 4.78 is 0. The monoisotopic (exact) mass is 192 g/mol. The topological polar surface area (TPSA) is 34.1 Å². The minimum absolute atomic E-state index is 0.131. The van der Waals surface area contributed by atoms with E-state index in [1.165, 1.54) is 0 Å². The van der Waals surface area contributed by atoms with Crippen molar-refractivity contribution in [1.29, 1.82) is 0 Å². The van der Waals surface area contributed by atoms with Gasteiger partial charge in [-0.15, -0.1) is 0 Å². The third-order valence-corrected chi connectivity index (χ3v) is 4.20. The Hall–Kier alpha value is -0.920. The number of hydrogen-bond acceptors (Lipinski definition) is 2. The van der Waals surface area contributed by atoms with Gasteiger partial charge in [-0.1, -0.05) is 19.9 Å². The van der Waals surface area contributed by atoms with Gasteiger partial charge in [0, 0.05) is 18.3 Å². The molecule has 14 heavy (non-hydrogen) atoms. The highest BCUT2D eigenvalue weighted by atomic mass is 16.1. The number of carbonyl (C=O) groups is 2. The Morgan fingerprint density at radius 3 is 2.71 bits per heavy atom. The van der Waals surface area contributed by atoms with Crippen molar-refractivity contribution in [3.8, 4) is 0 Å². The molecule has 2 atom stereocenters. The molecular weight excluding hydrogens is 176 g/mol. The average molecular weight is 192 g/mol. The Balaban J connectivity index is 2.43. The third kappa shape index (κ3) is 1.09. The average Bonchev–Trinajstić information content (AvgIpc) is 2.10. The van der Waals surface area contributed by atoms with E-state index in [2.05, 4.69) is 6.92 Å². The number of carbonyl (C=O) groups excluding carboxylic acids is 2. The summed E-state index contributed by atoms with van der Waals surface area (Å²) >= 11 is 0. The number of Topliss-reactive ketones (excluding diaryl/α,β-unsaturated/α-hetero) is 1. The second-order valence-electron chi connectivity index (χ2n) is 5.08. The summed E-state index contributed by atoms with van der Waals surface area (Å²) in [4.78, 5) is 23.3. The van der Waals surface area contributed by atoms with Crippen LogP contribution in [0.1, 0.15) is 39.5 Å². The fourth-order valence-electron chi connectivity index (χ4n) is 2.74. The number of ketones is 2. The van der Waals surface area contributed by atoms with Crippen molar-refractivity contribution in [2.45, 2.75) is 39.5 Å². The van der Waals surface area contributed by atoms with E-state index in [0.717, 1.165) is 12.8 Å². The van der Waals surface area contributed by atoms with Gasteiger partial charge in [0.2, 0.25) is 0 Å². The van der Waals surface area contributed by atoms with Crippen molar-refractivity contribution in [2.24, 2.45) is 10.8 Å². The first-order chi connectivity index (χ1) is 6.48. The van der Waals surface area contributed by atoms with Gasteiger partial charge in [0.1, 0.15) is 5.78 Å². The molecule has 76 valence electrons. The zero-order valence-electron chi connectivity index (χ0n) is 8.80. The molecule has 0 aromatic heterocycles. The molecule has 0 aromatic rings. The van der Waals surface area contributed by atoms with Gasteiger partial charge in [0.25, 0.3) is 0 Å². The lowest BCUT2D eigenvalue weighted by Crippen LogP contribution is -2.49. The Morgan fingerprint density at radius 1 is 1.29 bits per heavy atom. The first-order valence-corrected chi connectivity index (χ1v) is 5.21. The standard InChI is InChI=1S/C12H16O2/c1-11-6-3-4-10(14)12(11,2)7-5-9(13)8-11/h3-4H,5-8H2,1-2H3/t11-,12+/m0/s1. The van der Waals surface area contributed by atoms with Crippen molar-refractivity contribution in [2.75, 3.05) is 0 Å². The van der Waals surface area contributed by atoms with E-state index < -0.39 is 0 Å². The molecule has 2 aliphatic carbocycles. The highest BCUT2D eigenvalue weighted by Crippen LogP contribution is 2.54. The summed E-state index contributed by atoms with van der Waals surface area (Å²) in [6, 6.07) is 0. The Morgan fingerprint density at radius 2 is 2.00 bits per heavy atom. The van der Waals surface area contributed by atoms with Crippen LogP contribution in [0.4, 0.5) is 0 Å². The van der Waals surface area contributed by atoms with Crippen LogP contribution in [0.25, 0.3) is 0 Å². The maximum atomic E-state index is 11.9. The van der Waals surface area contributed by atoms with E-state index in [1.54, 1.807) is 6.08 Å². The van der Waals surface area contributed by atoms with E-state index in [1.807, 2.05) is 13.0 Å². The van der Waals surface area contributed by atoms with E-state index >= 15 is 0 Å². The second kappa shape index (κ2) is 2.78. The molecule has 2 rings (SSSR count). The molecule has 0 spiro atoms. The summed E-state index contributed by atoms with van der Waals surface area (Å²) in [6.45, 7) is 4.09. The van der Waals surface area contributed by atoms with Crippen LogP contribution in [0.5, 0.6) is 0 Å². The van der Waals surface area contributed by atoms with Crippen LogP contribution in [-0.2, 0) is 9.59 Å². The summed E-state index contributed by atoms with van der Waals surface area (Å²) in [5, 5.41) is 0. The maximum absolute atomic E-state index is 11.9. The minimum Gasteiger partial charge on any atom is -0.300 e. The van der Waals surface area contributed by atoms with Gasteiger partial charge in [-0.05, 0) is 24.3 Å². The van der Waals surface area contributed by atoms with Crippen LogP contribution in [-0.4, -0.2) is 11.6 Å². The van der Waals surface area contributed by atoms with Crippen LogP contribution in [0.15, 0.2) is 12.2 Å². The Bertz CT molecular complexity index is 329. The highest BCUT2D eigenvalue weighted by Gasteiger charge is 2.52. The number of allylic oxidation sites excluding steroid dienone is 2. The lowest BCUT2D eigenvalue weighted by atomic mass is 9.52. The molecule has 2 heteroatoms. The predicted molar refractivity (Wildman–Crippen MR) is 53.8 cm³/mol. The van der Waals surface area contributed by atoms with Gasteiger partial charge in [0.15, 0.2) is 5.78 Å². The van der Waals surface area contributed by atoms with Crippen molar-refractivity contribution in [3.05, 3.63) is 12.2 Å². The maximum Gasteiger partial charge on any atom is 0.161 e. The van der Waals surface area contributed by atoms with Crippen LogP contribution in [0.2, 0.25) is 0 Å². The largest absolute Gasteiger partial charge is 0.300 e. The van der Waals surface area contributed by atoms with E-state index in [0.29, 0.717) is 18.6 Å². The molecule has 0 radical (unpaired) electrons. The van der Waals surface area contributed by atoms with E-state index in [9.17, 15) is 9.59 Å². The molecule has 0 bridgehead atoms. The SMILES string of the molecule is C[C@@]12CC=CC(=O)[C@@]1(C)CCC(=O)C2. The second-order valence-corrected chi connectivity index (χ2v) is 5.08. The molecule has 2 nitrogen and oxygen atoms in total. The molecule has 0 amide bonds. The molecule has 1 saturated carbocycles. The molecule has 0 saturated heterocycles. The van der Waals surface area contributed by atoms with Crippen molar-refractivity contribution in [3.63, 3.8) is 0 Å². The van der Waals surface area contributed by atoms with Gasteiger partial charge in [0.05, 0.1) is 0 Å². The van der Waals surface area contributed by atoms with Crippen molar-refractivity contribution in [1.82, 2.24) is 0 Å². The molecule has 0 N–H and O–H groups in total. The van der Waals surface area contributed by atoms with Gasteiger partial charge in [-0.3, -0.25) is 9.59 Å². The summed E-state index contributed by atoms with van der Waals surface area (Å²) in [7, 11) is 0. The third-order valence-electron chi connectivity index (χ3n) is 4.20. The molecular formula is C12H16O2. The summed E-state index contributed by atoms with van der Waals surface area (Å²) in [6.07, 6.45) is 6.35. The summed E-state index contributed by atoms with van der Waals surface area (Å²) in [5.74, 6) is 0.520. The smallest absolute Gasteiger partial charge is 0.161 e. The van der Waals surface area contributed by atoms with Gasteiger partial charge in [-0.2, -0.15) is 0 Å². The first-order valence-electron chi connectivity index (χ1n) is 5.21. The fourth-order valence-corrected chi connectivity index (χ4v) is 2.74. The fraction of sp³-hybridized carbons (Fsp3) is 0.667. The zero-order chi connectivity index (χ0) is 10.4. The number of fused-ring (bicyclic) bond motifs is 1. The summed E-state index contributed by atoms with van der Waals surface area (Å²) in [5.41, 5.74) is -0.427. The molecule has 0 heterocycles. The van der Waals surface area contributed by atoms with E-state index in [-0.39, 0.29) is 16.6 Å².